The van der Waals surface area contributed by atoms with E-state index < -0.39 is 0 Å². The summed E-state index contributed by atoms with van der Waals surface area (Å²) in [4.78, 5) is 22.9. The third-order valence-electron chi connectivity index (χ3n) is 4.23. The molecule has 2 saturated carbocycles. The molecular formula is C9H9NO3. The van der Waals surface area contributed by atoms with Gasteiger partial charge in [-0.25, -0.2) is 0 Å². The second kappa shape index (κ2) is 1.61. The minimum absolute atomic E-state index is 0.00481. The zero-order chi connectivity index (χ0) is 8.74. The SMILES string of the molecule is O=C1NC2C3CC4C2OC(=O)C4C13. The highest BCUT2D eigenvalue weighted by atomic mass is 16.6. The van der Waals surface area contributed by atoms with Gasteiger partial charge in [-0.1, -0.05) is 0 Å². The predicted molar refractivity (Wildman–Crippen MR) is 40.4 cm³/mol. The molecular weight excluding hydrogens is 170 g/mol. The molecule has 2 aliphatic carbocycles. The van der Waals surface area contributed by atoms with E-state index >= 15 is 0 Å². The van der Waals surface area contributed by atoms with E-state index in [1.807, 2.05) is 0 Å². The van der Waals surface area contributed by atoms with Crippen molar-refractivity contribution in [1.82, 2.24) is 5.32 Å². The van der Waals surface area contributed by atoms with E-state index in [0.717, 1.165) is 6.42 Å². The number of nitrogens with one attached hydrogen (secondary N) is 1. The van der Waals surface area contributed by atoms with Gasteiger partial charge >= 0.3 is 5.97 Å². The second-order valence-electron chi connectivity index (χ2n) is 4.55. The van der Waals surface area contributed by atoms with Gasteiger partial charge in [0.2, 0.25) is 5.91 Å². The zero-order valence-electron chi connectivity index (χ0n) is 6.90. The van der Waals surface area contributed by atoms with Crippen molar-refractivity contribution in [1.29, 1.82) is 0 Å². The van der Waals surface area contributed by atoms with Gasteiger partial charge in [-0.2, -0.15) is 0 Å². The largest absolute Gasteiger partial charge is 0.460 e. The summed E-state index contributed by atoms with van der Waals surface area (Å²) in [6, 6.07) is 0.144. The van der Waals surface area contributed by atoms with Crippen molar-refractivity contribution in [3.63, 3.8) is 0 Å². The van der Waals surface area contributed by atoms with E-state index in [1.165, 1.54) is 0 Å². The van der Waals surface area contributed by atoms with Crippen molar-refractivity contribution >= 4 is 11.9 Å². The Morgan fingerprint density at radius 3 is 2.92 bits per heavy atom. The van der Waals surface area contributed by atoms with Crippen LogP contribution in [0.4, 0.5) is 0 Å². The van der Waals surface area contributed by atoms with Crippen LogP contribution in [0.5, 0.6) is 0 Å². The Morgan fingerprint density at radius 1 is 1.23 bits per heavy atom. The van der Waals surface area contributed by atoms with Crippen LogP contribution in [0.15, 0.2) is 0 Å². The molecule has 0 aromatic heterocycles. The predicted octanol–water partition coefficient (Wildman–Crippen LogP) is -0.708. The van der Waals surface area contributed by atoms with Crippen LogP contribution >= 0.6 is 0 Å². The Hall–Kier alpha value is -1.06. The van der Waals surface area contributed by atoms with E-state index in [4.69, 9.17) is 4.74 Å². The lowest BCUT2D eigenvalue weighted by molar-refractivity contribution is -0.147. The molecule has 6 unspecified atom stereocenters. The number of carbonyl (C=O) groups excluding carboxylic acids is 2. The maximum atomic E-state index is 11.5. The number of amides is 1. The molecule has 0 spiro atoms. The van der Waals surface area contributed by atoms with Gasteiger partial charge in [0.1, 0.15) is 6.10 Å². The average molecular weight is 179 g/mol. The van der Waals surface area contributed by atoms with Crippen molar-refractivity contribution in [3.8, 4) is 0 Å². The molecule has 4 rings (SSSR count). The molecule has 1 N–H and O–H groups in total. The second-order valence-corrected chi connectivity index (χ2v) is 4.55. The van der Waals surface area contributed by atoms with Gasteiger partial charge in [-0.3, -0.25) is 9.59 Å². The highest BCUT2D eigenvalue weighted by Crippen LogP contribution is 2.60. The Kier molecular flexibility index (Phi) is 0.791. The van der Waals surface area contributed by atoms with Gasteiger partial charge < -0.3 is 10.1 Å². The summed E-state index contributed by atoms with van der Waals surface area (Å²) in [7, 11) is 0. The maximum absolute atomic E-state index is 11.5. The van der Waals surface area contributed by atoms with E-state index in [0.29, 0.717) is 11.8 Å². The minimum Gasteiger partial charge on any atom is -0.460 e. The van der Waals surface area contributed by atoms with E-state index in [9.17, 15) is 9.59 Å². The zero-order valence-corrected chi connectivity index (χ0v) is 6.90. The molecule has 2 saturated heterocycles. The first-order chi connectivity index (χ1) is 6.27. The van der Waals surface area contributed by atoms with Crippen LogP contribution < -0.4 is 5.32 Å². The fourth-order valence-electron chi connectivity index (χ4n) is 3.86. The van der Waals surface area contributed by atoms with Gasteiger partial charge in [-0.05, 0) is 12.3 Å². The van der Waals surface area contributed by atoms with Gasteiger partial charge in [0.05, 0.1) is 17.9 Å². The van der Waals surface area contributed by atoms with Crippen molar-refractivity contribution in [2.75, 3.05) is 0 Å². The molecule has 2 aliphatic heterocycles. The summed E-state index contributed by atoms with van der Waals surface area (Å²) in [5.41, 5.74) is 0. The summed E-state index contributed by atoms with van der Waals surface area (Å²) in [5, 5.41) is 2.94. The molecule has 4 heteroatoms. The number of rotatable bonds is 0. The standard InChI is InChI=1S/C9H9NO3/c11-8-4-2-1-3-5(4)9(12)13-7(3)6(2)10-8/h2-7H,1H2,(H,10,11). The molecule has 2 heterocycles. The number of hydrogen-bond acceptors (Lipinski definition) is 3. The van der Waals surface area contributed by atoms with Gasteiger partial charge in [0, 0.05) is 5.92 Å². The Morgan fingerprint density at radius 2 is 2.08 bits per heavy atom. The number of carbonyl (C=O) groups is 2. The number of hydrogen-bond donors (Lipinski definition) is 1. The molecule has 1 amide bonds. The first-order valence-electron chi connectivity index (χ1n) is 4.78. The Labute approximate surface area is 74.6 Å². The topological polar surface area (TPSA) is 55.4 Å². The summed E-state index contributed by atoms with van der Waals surface area (Å²) in [5.74, 6) is 0.530. The quantitative estimate of drug-likeness (QED) is 0.500. The smallest absolute Gasteiger partial charge is 0.310 e. The van der Waals surface area contributed by atoms with Crippen molar-refractivity contribution in [3.05, 3.63) is 0 Å². The molecule has 6 atom stereocenters. The lowest BCUT2D eigenvalue weighted by Gasteiger charge is -2.18. The normalized spacial score (nSPS) is 60.0. The van der Waals surface area contributed by atoms with Crippen LogP contribution in [0.2, 0.25) is 0 Å². The summed E-state index contributed by atoms with van der Waals surface area (Å²) < 4.78 is 5.27. The van der Waals surface area contributed by atoms with Gasteiger partial charge in [-0.15, -0.1) is 0 Å². The first-order valence-corrected chi connectivity index (χ1v) is 4.78. The van der Waals surface area contributed by atoms with Crippen molar-refractivity contribution in [2.45, 2.75) is 18.6 Å². The van der Waals surface area contributed by atoms with E-state index in [1.54, 1.807) is 0 Å². The fraction of sp³-hybridized carbons (Fsp3) is 0.778. The molecule has 4 aliphatic rings. The third-order valence-corrected chi connectivity index (χ3v) is 4.23. The molecule has 0 aromatic rings. The highest BCUT2D eigenvalue weighted by molar-refractivity contribution is 5.91. The van der Waals surface area contributed by atoms with Crippen LogP contribution in [0, 0.1) is 23.7 Å². The van der Waals surface area contributed by atoms with Gasteiger partial charge in [0.25, 0.3) is 0 Å². The van der Waals surface area contributed by atoms with Crippen LogP contribution in [0.1, 0.15) is 6.42 Å². The minimum atomic E-state index is -0.125. The molecule has 0 aromatic carbocycles. The lowest BCUT2D eigenvalue weighted by Crippen LogP contribution is -2.37. The lowest BCUT2D eigenvalue weighted by atomic mass is 9.81. The maximum Gasteiger partial charge on any atom is 0.310 e. The third kappa shape index (κ3) is 0.474. The van der Waals surface area contributed by atoms with Crippen LogP contribution in [-0.4, -0.2) is 24.0 Å². The number of fused-ring (bicyclic) bond motifs is 2. The summed E-state index contributed by atoms with van der Waals surface area (Å²) in [6.07, 6.45) is 1.01. The average Bonchev–Trinajstić information content (AvgIpc) is 2.67. The molecule has 4 fully saturated rings. The van der Waals surface area contributed by atoms with Crippen molar-refractivity contribution in [2.24, 2.45) is 23.7 Å². The van der Waals surface area contributed by atoms with Crippen molar-refractivity contribution < 1.29 is 14.3 Å². The van der Waals surface area contributed by atoms with Crippen LogP contribution in [-0.2, 0) is 14.3 Å². The van der Waals surface area contributed by atoms with E-state index in [-0.39, 0.29) is 35.9 Å². The highest BCUT2D eigenvalue weighted by Gasteiger charge is 2.71. The Bertz CT molecular complexity index is 304. The molecule has 0 radical (unpaired) electrons. The molecule has 13 heavy (non-hydrogen) atoms. The number of esters is 1. The molecule has 2 bridgehead atoms. The van der Waals surface area contributed by atoms with Gasteiger partial charge in [0.15, 0.2) is 0 Å². The van der Waals surface area contributed by atoms with Crippen LogP contribution in [0.25, 0.3) is 0 Å². The summed E-state index contributed by atoms with van der Waals surface area (Å²) in [6.45, 7) is 0. The summed E-state index contributed by atoms with van der Waals surface area (Å²) >= 11 is 0. The number of ether oxygens (including phenoxy) is 1. The monoisotopic (exact) mass is 179 g/mol. The van der Waals surface area contributed by atoms with Crippen LogP contribution in [0.3, 0.4) is 0 Å². The molecule has 68 valence electrons. The molecule has 4 nitrogen and oxygen atoms in total. The Balaban J connectivity index is 1.94. The van der Waals surface area contributed by atoms with E-state index in [2.05, 4.69) is 5.32 Å². The first kappa shape index (κ1) is 6.40. The fourth-order valence-corrected chi connectivity index (χ4v) is 3.86.